The molecule has 0 saturated carbocycles. The molecule has 0 N–H and O–H groups in total. The van der Waals surface area contributed by atoms with Crippen molar-refractivity contribution in [2.45, 2.75) is 6.92 Å². The fourth-order valence-electron chi connectivity index (χ4n) is 3.42. The zero-order valence-corrected chi connectivity index (χ0v) is 18.9. The van der Waals surface area contributed by atoms with E-state index >= 15 is 0 Å². The molecule has 6 nitrogen and oxygen atoms in total. The first-order valence-corrected chi connectivity index (χ1v) is 10.3. The molecule has 1 aliphatic heterocycles. The lowest BCUT2D eigenvalue weighted by atomic mass is 10.2. The van der Waals surface area contributed by atoms with Gasteiger partial charge in [-0.3, -0.25) is 4.90 Å². The molecule has 0 spiro atoms. The monoisotopic (exact) mass is 464 g/mol. The van der Waals surface area contributed by atoms with Crippen LogP contribution in [0, 0.1) is 6.92 Å². The topological polar surface area (TPSA) is 50.1 Å². The second-order valence-electron chi connectivity index (χ2n) is 6.93. The summed E-state index contributed by atoms with van der Waals surface area (Å²) in [5.41, 5.74) is 3.11. The number of benzene rings is 1. The van der Waals surface area contributed by atoms with Gasteiger partial charge in [-0.2, -0.15) is 5.10 Å². The Hall–Kier alpha value is -2.12. The molecule has 0 atom stereocenters. The van der Waals surface area contributed by atoms with Gasteiger partial charge in [0.2, 0.25) is 0 Å². The van der Waals surface area contributed by atoms with E-state index in [1.54, 1.807) is 23.1 Å². The quantitative estimate of drug-likeness (QED) is 0.554. The van der Waals surface area contributed by atoms with Crippen molar-refractivity contribution in [3.63, 3.8) is 0 Å². The normalized spacial score (nSPS) is 14.8. The maximum atomic E-state index is 6.34. The fourth-order valence-corrected chi connectivity index (χ4v) is 3.82. The Labute approximate surface area is 192 Å². The smallest absolute Gasteiger partial charge is 0.250 e. The van der Waals surface area contributed by atoms with Crippen molar-refractivity contribution in [3.8, 4) is 5.95 Å². The van der Waals surface area contributed by atoms with E-state index in [4.69, 9.17) is 23.2 Å². The van der Waals surface area contributed by atoms with Crippen LogP contribution in [0.2, 0.25) is 10.0 Å². The molecule has 0 bridgehead atoms. The molecule has 30 heavy (non-hydrogen) atoms. The van der Waals surface area contributed by atoms with Gasteiger partial charge in [-0.25, -0.2) is 14.6 Å². The third kappa shape index (κ3) is 5.13. The van der Waals surface area contributed by atoms with Gasteiger partial charge in [0.1, 0.15) is 0 Å². The summed E-state index contributed by atoms with van der Waals surface area (Å²) >= 11 is 12.5. The van der Waals surface area contributed by atoms with Crippen LogP contribution >= 0.6 is 35.6 Å². The highest BCUT2D eigenvalue weighted by molar-refractivity contribution is 6.35. The van der Waals surface area contributed by atoms with E-state index in [2.05, 4.69) is 37.0 Å². The third-order valence-corrected chi connectivity index (χ3v) is 5.63. The molecule has 0 amide bonds. The lowest BCUT2D eigenvalue weighted by molar-refractivity contribution is 0.284. The maximum absolute atomic E-state index is 6.34. The Bertz CT molecular complexity index is 997. The Balaban J connectivity index is 0.00000256. The highest BCUT2D eigenvalue weighted by Crippen LogP contribution is 2.29. The SMILES string of the molecule is Cc1c(C=CCN2CCN(c3cc(Cl)ccc3Cl)CC2)cnn1-c1ncccn1.Cl. The van der Waals surface area contributed by atoms with E-state index in [9.17, 15) is 0 Å². The number of hydrogen-bond acceptors (Lipinski definition) is 5. The predicted octanol–water partition coefficient (Wildman–Crippen LogP) is 4.53. The molecule has 1 aromatic carbocycles. The average molecular weight is 466 g/mol. The van der Waals surface area contributed by atoms with E-state index in [1.165, 1.54) is 0 Å². The number of nitrogens with zero attached hydrogens (tertiary/aromatic N) is 6. The maximum Gasteiger partial charge on any atom is 0.250 e. The summed E-state index contributed by atoms with van der Waals surface area (Å²) in [5.74, 6) is 0.584. The molecular formula is C21H23Cl3N6. The zero-order chi connectivity index (χ0) is 20.2. The molecular weight excluding hydrogens is 443 g/mol. The minimum atomic E-state index is 0. The van der Waals surface area contributed by atoms with Gasteiger partial charge in [-0.15, -0.1) is 12.4 Å². The van der Waals surface area contributed by atoms with Crippen molar-refractivity contribution in [3.05, 3.63) is 70.2 Å². The second kappa shape index (κ2) is 10.3. The third-order valence-electron chi connectivity index (χ3n) is 5.07. The van der Waals surface area contributed by atoms with Gasteiger partial charge in [0.15, 0.2) is 0 Å². The lowest BCUT2D eigenvalue weighted by Gasteiger charge is -2.36. The van der Waals surface area contributed by atoms with Crippen molar-refractivity contribution < 1.29 is 0 Å². The number of rotatable bonds is 5. The number of anilines is 1. The van der Waals surface area contributed by atoms with Gasteiger partial charge in [0.25, 0.3) is 5.95 Å². The van der Waals surface area contributed by atoms with E-state index in [0.717, 1.165) is 54.7 Å². The number of halogens is 3. The largest absolute Gasteiger partial charge is 0.368 e. The van der Waals surface area contributed by atoms with Gasteiger partial charge >= 0.3 is 0 Å². The first kappa shape index (κ1) is 22.6. The first-order valence-electron chi connectivity index (χ1n) is 9.53. The van der Waals surface area contributed by atoms with Crippen LogP contribution in [-0.2, 0) is 0 Å². The summed E-state index contributed by atoms with van der Waals surface area (Å²) in [4.78, 5) is 13.2. The summed E-state index contributed by atoms with van der Waals surface area (Å²) in [6.07, 6.45) is 9.58. The van der Waals surface area contributed by atoms with Crippen molar-refractivity contribution in [1.82, 2.24) is 24.6 Å². The van der Waals surface area contributed by atoms with E-state index in [0.29, 0.717) is 11.0 Å². The molecule has 158 valence electrons. The number of aromatic nitrogens is 4. The average Bonchev–Trinajstić information content (AvgIpc) is 3.11. The van der Waals surface area contributed by atoms with Crippen LogP contribution in [0.5, 0.6) is 0 Å². The molecule has 3 heterocycles. The Kier molecular flexibility index (Phi) is 7.72. The Morgan fingerprint density at radius 1 is 1.07 bits per heavy atom. The summed E-state index contributed by atoms with van der Waals surface area (Å²) in [6, 6.07) is 7.42. The molecule has 3 aromatic rings. The minimum Gasteiger partial charge on any atom is -0.368 e. The summed E-state index contributed by atoms with van der Waals surface area (Å²) in [6.45, 7) is 6.72. The van der Waals surface area contributed by atoms with Crippen LogP contribution in [0.4, 0.5) is 5.69 Å². The zero-order valence-electron chi connectivity index (χ0n) is 16.6. The Morgan fingerprint density at radius 3 is 2.53 bits per heavy atom. The number of hydrogen-bond donors (Lipinski definition) is 0. The summed E-state index contributed by atoms with van der Waals surface area (Å²) in [7, 11) is 0. The van der Waals surface area contributed by atoms with Crippen molar-refractivity contribution >= 4 is 47.4 Å². The molecule has 4 rings (SSSR count). The lowest BCUT2D eigenvalue weighted by Crippen LogP contribution is -2.46. The van der Waals surface area contributed by atoms with Crippen LogP contribution in [0.25, 0.3) is 12.0 Å². The standard InChI is InChI=1S/C21H22Cl2N6.ClH/c1-16-17(15-26-29(16)21-24-7-3-8-25-21)4-2-9-27-10-12-28(13-11-27)20-14-18(22)5-6-19(20)23;/h2-8,14-15H,9-13H2,1H3;1H. The number of piperazine rings is 1. The molecule has 1 aliphatic rings. The van der Waals surface area contributed by atoms with Gasteiger partial charge in [0.05, 0.1) is 22.6 Å². The van der Waals surface area contributed by atoms with Crippen LogP contribution in [0.3, 0.4) is 0 Å². The van der Waals surface area contributed by atoms with Crippen molar-refractivity contribution in [2.24, 2.45) is 0 Å². The molecule has 9 heteroatoms. The van der Waals surface area contributed by atoms with E-state index in [1.807, 2.05) is 31.3 Å². The molecule has 1 saturated heterocycles. The van der Waals surface area contributed by atoms with Crippen LogP contribution in [-0.4, -0.2) is 57.4 Å². The van der Waals surface area contributed by atoms with Gasteiger partial charge in [0, 0.05) is 55.7 Å². The highest BCUT2D eigenvalue weighted by Gasteiger charge is 2.18. The van der Waals surface area contributed by atoms with Gasteiger partial charge in [-0.05, 0) is 31.2 Å². The molecule has 1 fully saturated rings. The molecule has 0 aliphatic carbocycles. The van der Waals surface area contributed by atoms with Crippen molar-refractivity contribution in [1.29, 1.82) is 0 Å². The van der Waals surface area contributed by atoms with Crippen LogP contribution in [0.15, 0.2) is 48.9 Å². The molecule has 0 unspecified atom stereocenters. The van der Waals surface area contributed by atoms with E-state index in [-0.39, 0.29) is 12.4 Å². The van der Waals surface area contributed by atoms with Crippen LogP contribution < -0.4 is 4.90 Å². The Morgan fingerprint density at radius 2 is 1.80 bits per heavy atom. The van der Waals surface area contributed by atoms with Gasteiger partial charge in [-0.1, -0.05) is 35.4 Å². The highest BCUT2D eigenvalue weighted by atomic mass is 35.5. The summed E-state index contributed by atoms with van der Waals surface area (Å²) in [5, 5.41) is 5.87. The minimum absolute atomic E-state index is 0. The van der Waals surface area contributed by atoms with Crippen LogP contribution in [0.1, 0.15) is 11.3 Å². The van der Waals surface area contributed by atoms with Gasteiger partial charge < -0.3 is 4.90 Å². The van der Waals surface area contributed by atoms with E-state index < -0.39 is 0 Å². The van der Waals surface area contributed by atoms with Crippen molar-refractivity contribution in [2.75, 3.05) is 37.6 Å². The predicted molar refractivity (Wildman–Crippen MR) is 125 cm³/mol. The fraction of sp³-hybridized carbons (Fsp3) is 0.286. The first-order chi connectivity index (χ1) is 14.1. The summed E-state index contributed by atoms with van der Waals surface area (Å²) < 4.78 is 1.76. The molecule has 2 aromatic heterocycles. The molecule has 0 radical (unpaired) electrons. The second-order valence-corrected chi connectivity index (χ2v) is 7.78.